The lowest BCUT2D eigenvalue weighted by Gasteiger charge is -1.94. The van der Waals surface area contributed by atoms with Crippen LogP contribution in [0.15, 0.2) is 10.7 Å². The average Bonchev–Trinajstić information content (AvgIpc) is 1.95. The van der Waals surface area contributed by atoms with Gasteiger partial charge in [0.1, 0.15) is 0 Å². The summed E-state index contributed by atoms with van der Waals surface area (Å²) in [4.78, 5) is 7.86. The molecular weight excluding hydrogens is 192 g/mol. The zero-order valence-electron chi connectivity index (χ0n) is 5.43. The molecule has 0 fully saturated rings. The molecule has 3 heteroatoms. The van der Waals surface area contributed by atoms with Crippen LogP contribution in [0.1, 0.15) is 11.5 Å². The maximum Gasteiger partial charge on any atom is 0.204 e. The van der Waals surface area contributed by atoms with Gasteiger partial charge in [0.25, 0.3) is 0 Å². The lowest BCUT2D eigenvalue weighted by Crippen LogP contribution is -1.91. The molecule has 0 amide bonds. The van der Waals surface area contributed by atoms with E-state index in [0.29, 0.717) is 5.82 Å². The van der Waals surface area contributed by atoms with Crippen LogP contribution in [0, 0.1) is 19.3 Å². The number of aryl methyl sites for hydroxylation is 1. The van der Waals surface area contributed by atoms with Crippen molar-refractivity contribution in [1.82, 2.24) is 9.97 Å². The molecule has 0 aliphatic heterocycles. The molecule has 0 aromatic carbocycles. The first-order valence-corrected chi connectivity index (χ1v) is 3.49. The van der Waals surface area contributed by atoms with Gasteiger partial charge < -0.3 is 0 Å². The summed E-state index contributed by atoms with van der Waals surface area (Å²) in [6.45, 7) is 1.87. The molecule has 0 N–H and O–H groups in total. The Morgan fingerprint density at radius 3 is 2.90 bits per heavy atom. The van der Waals surface area contributed by atoms with Crippen molar-refractivity contribution in [3.8, 4) is 12.3 Å². The molecule has 0 saturated carbocycles. The van der Waals surface area contributed by atoms with Crippen molar-refractivity contribution in [3.05, 3.63) is 22.2 Å². The fraction of sp³-hybridized carbons (Fsp3) is 0.143. The van der Waals surface area contributed by atoms with Crippen LogP contribution in [0.2, 0.25) is 0 Å². The Morgan fingerprint density at radius 1 is 1.70 bits per heavy atom. The molecule has 0 atom stereocenters. The van der Waals surface area contributed by atoms with Crippen molar-refractivity contribution in [3.63, 3.8) is 0 Å². The molecule has 1 heterocycles. The van der Waals surface area contributed by atoms with Crippen LogP contribution in [0.3, 0.4) is 0 Å². The highest BCUT2D eigenvalue weighted by Gasteiger charge is 1.95. The van der Waals surface area contributed by atoms with E-state index in [2.05, 4.69) is 31.8 Å². The largest absolute Gasteiger partial charge is 0.228 e. The van der Waals surface area contributed by atoms with E-state index < -0.39 is 0 Å². The lowest BCUT2D eigenvalue weighted by atomic mass is 10.4. The van der Waals surface area contributed by atoms with Crippen LogP contribution in [-0.2, 0) is 0 Å². The second-order valence-corrected chi connectivity index (χ2v) is 2.63. The van der Waals surface area contributed by atoms with E-state index in [-0.39, 0.29) is 0 Å². The first-order valence-electron chi connectivity index (χ1n) is 2.70. The third-order valence-electron chi connectivity index (χ3n) is 1.05. The molecule has 50 valence electrons. The predicted molar refractivity (Wildman–Crippen MR) is 42.4 cm³/mol. The minimum atomic E-state index is 0.431. The summed E-state index contributed by atoms with van der Waals surface area (Å²) in [7, 11) is 0. The molecular formula is C7H5BrN2. The van der Waals surface area contributed by atoms with Crippen LogP contribution in [0.25, 0.3) is 0 Å². The first kappa shape index (κ1) is 7.23. The first-order chi connectivity index (χ1) is 4.74. The molecule has 0 bridgehead atoms. The number of nitrogens with zero attached hydrogens (tertiary/aromatic N) is 2. The Kier molecular flexibility index (Phi) is 2.03. The van der Waals surface area contributed by atoms with Crippen LogP contribution >= 0.6 is 15.9 Å². The van der Waals surface area contributed by atoms with Crippen molar-refractivity contribution in [1.29, 1.82) is 0 Å². The molecule has 0 spiro atoms. The lowest BCUT2D eigenvalue weighted by molar-refractivity contribution is 1.05. The number of halogens is 1. The zero-order chi connectivity index (χ0) is 7.56. The summed E-state index contributed by atoms with van der Waals surface area (Å²) in [5, 5.41) is 0. The fourth-order valence-corrected chi connectivity index (χ4v) is 0.713. The fourth-order valence-electron chi connectivity index (χ4n) is 0.522. The Bertz CT molecular complexity index is 288. The van der Waals surface area contributed by atoms with Crippen LogP contribution in [0.5, 0.6) is 0 Å². The minimum Gasteiger partial charge on any atom is -0.228 e. The SMILES string of the molecule is C#Cc1ncc(Br)c(C)n1. The highest BCUT2D eigenvalue weighted by atomic mass is 79.9. The third-order valence-corrected chi connectivity index (χ3v) is 1.83. The highest BCUT2D eigenvalue weighted by molar-refractivity contribution is 9.10. The minimum absolute atomic E-state index is 0.431. The zero-order valence-corrected chi connectivity index (χ0v) is 7.01. The molecule has 0 aliphatic rings. The van der Waals surface area contributed by atoms with Crippen LogP contribution in [0.4, 0.5) is 0 Å². The normalized spacial score (nSPS) is 8.90. The summed E-state index contributed by atoms with van der Waals surface area (Å²) < 4.78 is 0.881. The molecule has 0 aliphatic carbocycles. The van der Waals surface area contributed by atoms with Gasteiger partial charge in [0.05, 0.1) is 10.2 Å². The summed E-state index contributed by atoms with van der Waals surface area (Å²) in [6.07, 6.45) is 6.73. The Morgan fingerprint density at radius 2 is 2.40 bits per heavy atom. The van der Waals surface area contributed by atoms with Crippen molar-refractivity contribution in [2.45, 2.75) is 6.92 Å². The van der Waals surface area contributed by atoms with Crippen LogP contribution in [-0.4, -0.2) is 9.97 Å². The molecule has 1 rings (SSSR count). The highest BCUT2D eigenvalue weighted by Crippen LogP contribution is 2.10. The maximum atomic E-state index is 5.08. The smallest absolute Gasteiger partial charge is 0.204 e. The van der Waals surface area contributed by atoms with Crippen molar-refractivity contribution in [2.75, 3.05) is 0 Å². The molecule has 0 radical (unpaired) electrons. The maximum absolute atomic E-state index is 5.08. The molecule has 2 nitrogen and oxygen atoms in total. The molecule has 10 heavy (non-hydrogen) atoms. The van der Waals surface area contributed by atoms with Gasteiger partial charge in [-0.25, -0.2) is 9.97 Å². The van der Waals surface area contributed by atoms with E-state index in [1.165, 1.54) is 0 Å². The number of rotatable bonds is 0. The van der Waals surface area contributed by atoms with Gasteiger partial charge in [-0.15, -0.1) is 6.42 Å². The van der Waals surface area contributed by atoms with Crippen LogP contribution < -0.4 is 0 Å². The van der Waals surface area contributed by atoms with Gasteiger partial charge in [-0.3, -0.25) is 0 Å². The van der Waals surface area contributed by atoms with Gasteiger partial charge in [-0.1, -0.05) is 0 Å². The number of terminal acetylenes is 1. The van der Waals surface area contributed by atoms with E-state index in [9.17, 15) is 0 Å². The third kappa shape index (κ3) is 1.34. The second kappa shape index (κ2) is 2.80. The summed E-state index contributed by atoms with van der Waals surface area (Å²) in [6, 6.07) is 0. The predicted octanol–water partition coefficient (Wildman–Crippen LogP) is 1.53. The van der Waals surface area contributed by atoms with Crippen molar-refractivity contribution in [2.24, 2.45) is 0 Å². The van der Waals surface area contributed by atoms with Crippen molar-refractivity contribution < 1.29 is 0 Å². The van der Waals surface area contributed by atoms with Gasteiger partial charge in [0.15, 0.2) is 0 Å². The average molecular weight is 197 g/mol. The van der Waals surface area contributed by atoms with E-state index >= 15 is 0 Å². The Balaban J connectivity index is 3.20. The van der Waals surface area contributed by atoms with Gasteiger partial charge in [0, 0.05) is 6.20 Å². The quantitative estimate of drug-likeness (QED) is 0.589. The summed E-state index contributed by atoms with van der Waals surface area (Å²) in [5.41, 5.74) is 0.864. The number of hydrogen-bond donors (Lipinski definition) is 0. The molecule has 0 unspecified atom stereocenters. The standard InChI is InChI=1S/C7H5BrN2/c1-3-7-9-4-6(8)5(2)10-7/h1,4H,2H3. The van der Waals surface area contributed by atoms with Gasteiger partial charge in [-0.05, 0) is 28.8 Å². The number of hydrogen-bond acceptors (Lipinski definition) is 2. The summed E-state index contributed by atoms with van der Waals surface area (Å²) >= 11 is 3.26. The van der Waals surface area contributed by atoms with Gasteiger partial charge >= 0.3 is 0 Å². The van der Waals surface area contributed by atoms with E-state index in [1.54, 1.807) is 6.20 Å². The second-order valence-electron chi connectivity index (χ2n) is 1.77. The Hall–Kier alpha value is -0.880. The molecule has 1 aromatic heterocycles. The van der Waals surface area contributed by atoms with E-state index in [4.69, 9.17) is 6.42 Å². The number of aromatic nitrogens is 2. The van der Waals surface area contributed by atoms with Gasteiger partial charge in [-0.2, -0.15) is 0 Å². The van der Waals surface area contributed by atoms with E-state index in [1.807, 2.05) is 6.92 Å². The Labute approximate surface area is 67.8 Å². The molecule has 1 aromatic rings. The topological polar surface area (TPSA) is 25.8 Å². The summed E-state index contributed by atoms with van der Waals surface area (Å²) in [5.74, 6) is 2.78. The van der Waals surface area contributed by atoms with Gasteiger partial charge in [0.2, 0.25) is 5.82 Å². The molecule has 0 saturated heterocycles. The monoisotopic (exact) mass is 196 g/mol. The van der Waals surface area contributed by atoms with E-state index in [0.717, 1.165) is 10.2 Å². The van der Waals surface area contributed by atoms with Crippen molar-refractivity contribution >= 4 is 15.9 Å².